The van der Waals surface area contributed by atoms with Crippen molar-refractivity contribution in [3.8, 4) is 0 Å². The van der Waals surface area contributed by atoms with E-state index in [1.807, 2.05) is 6.08 Å². The molecule has 1 aliphatic rings. The second-order valence-electron chi connectivity index (χ2n) is 4.91. The highest BCUT2D eigenvalue weighted by Gasteiger charge is 2.29. The van der Waals surface area contributed by atoms with Crippen molar-refractivity contribution in [2.24, 2.45) is 5.73 Å². The van der Waals surface area contributed by atoms with E-state index in [0.717, 1.165) is 19.5 Å². The van der Waals surface area contributed by atoms with Crippen molar-refractivity contribution < 1.29 is 0 Å². The van der Waals surface area contributed by atoms with Gasteiger partial charge in [-0.05, 0) is 32.2 Å². The first-order valence-corrected chi connectivity index (χ1v) is 6.32. The molecule has 1 rings (SSSR count). The molecule has 15 heavy (non-hydrogen) atoms. The molecule has 2 nitrogen and oxygen atoms in total. The predicted octanol–water partition coefficient (Wildman–Crippen LogP) is 2.55. The maximum Gasteiger partial charge on any atom is 0.0166 e. The Balaban J connectivity index is 2.28. The number of hydrogen-bond donors (Lipinski definition) is 1. The van der Waals surface area contributed by atoms with Crippen molar-refractivity contribution in [1.82, 2.24) is 4.90 Å². The molecular weight excluding hydrogens is 184 g/mol. The number of nitrogens with zero attached hydrogens (tertiary/aromatic N) is 1. The fraction of sp³-hybridized carbons (Fsp3) is 0.846. The van der Waals surface area contributed by atoms with Gasteiger partial charge in [0.1, 0.15) is 0 Å². The Morgan fingerprint density at radius 2 is 2.00 bits per heavy atom. The Bertz CT molecular complexity index is 183. The molecule has 0 amide bonds. The highest BCUT2D eigenvalue weighted by atomic mass is 15.1. The van der Waals surface area contributed by atoms with E-state index in [1.165, 1.54) is 38.6 Å². The van der Waals surface area contributed by atoms with Gasteiger partial charge < -0.3 is 5.73 Å². The largest absolute Gasteiger partial charge is 0.325 e. The number of rotatable bonds is 7. The van der Waals surface area contributed by atoms with Crippen molar-refractivity contribution in [2.45, 2.75) is 51.0 Å². The zero-order valence-electron chi connectivity index (χ0n) is 10.2. The summed E-state index contributed by atoms with van der Waals surface area (Å²) in [5.41, 5.74) is 6.49. The summed E-state index contributed by atoms with van der Waals surface area (Å²) >= 11 is 0. The van der Waals surface area contributed by atoms with E-state index in [0.29, 0.717) is 0 Å². The normalized spacial score (nSPS) is 19.7. The summed E-state index contributed by atoms with van der Waals surface area (Å²) in [6, 6.07) is 0. The maximum atomic E-state index is 6.35. The van der Waals surface area contributed by atoms with Gasteiger partial charge in [-0.2, -0.15) is 0 Å². The molecule has 2 N–H and O–H groups in total. The number of nitrogens with two attached hydrogens (primary N) is 1. The zero-order valence-corrected chi connectivity index (χ0v) is 10.2. The molecule has 0 heterocycles. The molecular formula is C13H26N2. The lowest BCUT2D eigenvalue weighted by Gasteiger charge is -2.28. The molecule has 0 radical (unpaired) electrons. The molecule has 0 unspecified atom stereocenters. The maximum absolute atomic E-state index is 6.35. The fourth-order valence-electron chi connectivity index (χ4n) is 2.50. The van der Waals surface area contributed by atoms with E-state index in [4.69, 9.17) is 5.73 Å². The SMILES string of the molecule is C=CCN(CCC)CCC1(N)CCCC1. The van der Waals surface area contributed by atoms with Gasteiger partial charge in [0.2, 0.25) is 0 Å². The summed E-state index contributed by atoms with van der Waals surface area (Å²) in [7, 11) is 0. The van der Waals surface area contributed by atoms with Crippen LogP contribution >= 0.6 is 0 Å². The van der Waals surface area contributed by atoms with Crippen molar-refractivity contribution in [3.05, 3.63) is 12.7 Å². The van der Waals surface area contributed by atoms with E-state index >= 15 is 0 Å². The molecule has 2 heteroatoms. The number of hydrogen-bond acceptors (Lipinski definition) is 2. The lowest BCUT2D eigenvalue weighted by atomic mass is 9.94. The Morgan fingerprint density at radius 3 is 2.53 bits per heavy atom. The lowest BCUT2D eigenvalue weighted by Crippen LogP contribution is -2.40. The summed E-state index contributed by atoms with van der Waals surface area (Å²) in [6.45, 7) is 9.34. The molecule has 1 aliphatic carbocycles. The Hall–Kier alpha value is -0.340. The van der Waals surface area contributed by atoms with Gasteiger partial charge in [0, 0.05) is 18.6 Å². The van der Waals surface area contributed by atoms with Crippen LogP contribution in [0.1, 0.15) is 45.4 Å². The molecule has 0 atom stereocenters. The minimum absolute atomic E-state index is 0.146. The van der Waals surface area contributed by atoms with Crippen LogP contribution in [0.3, 0.4) is 0 Å². The summed E-state index contributed by atoms with van der Waals surface area (Å²) in [4.78, 5) is 2.46. The van der Waals surface area contributed by atoms with E-state index < -0.39 is 0 Å². The van der Waals surface area contributed by atoms with Crippen LogP contribution in [0.15, 0.2) is 12.7 Å². The lowest BCUT2D eigenvalue weighted by molar-refractivity contribution is 0.259. The summed E-state index contributed by atoms with van der Waals surface area (Å²) < 4.78 is 0. The van der Waals surface area contributed by atoms with Crippen molar-refractivity contribution in [3.63, 3.8) is 0 Å². The topological polar surface area (TPSA) is 29.3 Å². The third-order valence-electron chi connectivity index (χ3n) is 3.45. The van der Waals surface area contributed by atoms with Gasteiger partial charge in [-0.3, -0.25) is 4.90 Å². The molecule has 1 saturated carbocycles. The summed E-state index contributed by atoms with van der Waals surface area (Å²) in [6.07, 6.45) is 9.46. The van der Waals surface area contributed by atoms with Gasteiger partial charge in [0.15, 0.2) is 0 Å². The molecule has 1 fully saturated rings. The van der Waals surface area contributed by atoms with Crippen LogP contribution in [0.4, 0.5) is 0 Å². The van der Waals surface area contributed by atoms with Crippen LogP contribution in [0.5, 0.6) is 0 Å². The molecule has 0 bridgehead atoms. The second-order valence-corrected chi connectivity index (χ2v) is 4.91. The van der Waals surface area contributed by atoms with E-state index in [-0.39, 0.29) is 5.54 Å². The summed E-state index contributed by atoms with van der Waals surface area (Å²) in [5, 5.41) is 0. The fourth-order valence-corrected chi connectivity index (χ4v) is 2.50. The van der Waals surface area contributed by atoms with Crippen LogP contribution in [0.25, 0.3) is 0 Å². The van der Waals surface area contributed by atoms with Crippen LogP contribution in [-0.2, 0) is 0 Å². The third-order valence-corrected chi connectivity index (χ3v) is 3.45. The van der Waals surface area contributed by atoms with Crippen molar-refractivity contribution in [1.29, 1.82) is 0 Å². The minimum Gasteiger partial charge on any atom is -0.325 e. The minimum atomic E-state index is 0.146. The second kappa shape index (κ2) is 6.29. The first-order chi connectivity index (χ1) is 7.20. The van der Waals surface area contributed by atoms with E-state index in [9.17, 15) is 0 Å². The summed E-state index contributed by atoms with van der Waals surface area (Å²) in [5.74, 6) is 0. The van der Waals surface area contributed by atoms with Crippen LogP contribution < -0.4 is 5.73 Å². The van der Waals surface area contributed by atoms with Crippen LogP contribution in [0, 0.1) is 0 Å². The predicted molar refractivity (Wildman–Crippen MR) is 66.9 cm³/mol. The van der Waals surface area contributed by atoms with Gasteiger partial charge in [0.25, 0.3) is 0 Å². The third kappa shape index (κ3) is 4.35. The first-order valence-electron chi connectivity index (χ1n) is 6.32. The standard InChI is InChI=1S/C13H26N2/c1-3-10-15(11-4-2)12-9-13(14)7-5-6-8-13/h3H,1,4-12,14H2,2H3. The molecule has 0 aliphatic heterocycles. The van der Waals surface area contributed by atoms with Crippen molar-refractivity contribution >= 4 is 0 Å². The van der Waals surface area contributed by atoms with Crippen molar-refractivity contribution in [2.75, 3.05) is 19.6 Å². The van der Waals surface area contributed by atoms with Gasteiger partial charge in [-0.1, -0.05) is 25.8 Å². The highest BCUT2D eigenvalue weighted by Crippen LogP contribution is 2.30. The van der Waals surface area contributed by atoms with Gasteiger partial charge in [0.05, 0.1) is 0 Å². The molecule has 88 valence electrons. The first kappa shape index (κ1) is 12.7. The molecule has 0 spiro atoms. The van der Waals surface area contributed by atoms with Crippen LogP contribution in [0.2, 0.25) is 0 Å². The zero-order chi connectivity index (χ0) is 11.1. The van der Waals surface area contributed by atoms with Gasteiger partial charge >= 0.3 is 0 Å². The molecule has 0 aromatic heterocycles. The van der Waals surface area contributed by atoms with Gasteiger partial charge in [-0.25, -0.2) is 0 Å². The van der Waals surface area contributed by atoms with Gasteiger partial charge in [-0.15, -0.1) is 6.58 Å². The smallest absolute Gasteiger partial charge is 0.0166 e. The molecule has 0 saturated heterocycles. The van der Waals surface area contributed by atoms with E-state index in [2.05, 4.69) is 18.4 Å². The molecule has 0 aromatic rings. The Labute approximate surface area is 94.5 Å². The Kier molecular flexibility index (Phi) is 5.34. The average Bonchev–Trinajstić information content (AvgIpc) is 2.63. The van der Waals surface area contributed by atoms with E-state index in [1.54, 1.807) is 0 Å². The molecule has 0 aromatic carbocycles. The Morgan fingerprint density at radius 1 is 1.33 bits per heavy atom. The monoisotopic (exact) mass is 210 g/mol. The highest BCUT2D eigenvalue weighted by molar-refractivity contribution is 4.90. The average molecular weight is 210 g/mol. The van der Waals surface area contributed by atoms with Crippen LogP contribution in [-0.4, -0.2) is 30.1 Å². The quantitative estimate of drug-likeness (QED) is 0.654.